The molecule has 2 aromatic carbocycles. The van der Waals surface area contributed by atoms with Crippen LogP contribution in [-0.2, 0) is 19.6 Å². The third-order valence-electron chi connectivity index (χ3n) is 5.81. The number of fused-ring (bicyclic) bond motifs is 3. The smallest absolute Gasteiger partial charge is 0.250 e. The van der Waals surface area contributed by atoms with Crippen molar-refractivity contribution in [3.63, 3.8) is 0 Å². The second kappa shape index (κ2) is 8.51. The zero-order chi connectivity index (χ0) is 23.0. The standard InChI is InChI=1S/C22H25FN4O4S/c1-25(2)32(30,31)17-10-11-18-20(13-17)27(22(29)19-5-3-4-12-26(18)19)14-21(28)24-16-8-6-15(23)7-9-16/h6-11,13,19H,3-5,12,14H2,1-2H3,(H,24,28). The van der Waals surface area contributed by atoms with E-state index in [4.69, 9.17) is 0 Å². The summed E-state index contributed by atoms with van der Waals surface area (Å²) in [5.74, 6) is -1.11. The Morgan fingerprint density at radius 3 is 2.53 bits per heavy atom. The van der Waals surface area contributed by atoms with Crippen molar-refractivity contribution in [1.29, 1.82) is 0 Å². The molecular formula is C22H25FN4O4S. The fourth-order valence-electron chi connectivity index (χ4n) is 4.15. The van der Waals surface area contributed by atoms with Crippen molar-refractivity contribution >= 4 is 38.9 Å². The maximum atomic E-state index is 13.3. The summed E-state index contributed by atoms with van der Waals surface area (Å²) in [5.41, 5.74) is 1.54. The number of halogens is 1. The van der Waals surface area contributed by atoms with Crippen LogP contribution in [0.5, 0.6) is 0 Å². The van der Waals surface area contributed by atoms with Crippen LogP contribution in [0.2, 0.25) is 0 Å². The highest BCUT2D eigenvalue weighted by molar-refractivity contribution is 7.89. The fourth-order valence-corrected chi connectivity index (χ4v) is 5.07. The summed E-state index contributed by atoms with van der Waals surface area (Å²) in [7, 11) is -0.843. The Morgan fingerprint density at radius 1 is 1.12 bits per heavy atom. The minimum absolute atomic E-state index is 0.0495. The molecule has 2 heterocycles. The van der Waals surface area contributed by atoms with Crippen LogP contribution in [0.4, 0.5) is 21.5 Å². The van der Waals surface area contributed by atoms with Crippen molar-refractivity contribution in [2.45, 2.75) is 30.2 Å². The molecule has 4 rings (SSSR count). The molecule has 2 amide bonds. The minimum Gasteiger partial charge on any atom is -0.358 e. The van der Waals surface area contributed by atoms with Crippen LogP contribution in [0.25, 0.3) is 0 Å². The predicted octanol–water partition coefficient (Wildman–Crippen LogP) is 2.42. The van der Waals surface area contributed by atoms with E-state index in [-0.39, 0.29) is 23.4 Å². The number of nitrogens with one attached hydrogen (secondary N) is 1. The summed E-state index contributed by atoms with van der Waals surface area (Å²) in [5, 5.41) is 2.66. The molecule has 32 heavy (non-hydrogen) atoms. The van der Waals surface area contributed by atoms with Crippen molar-refractivity contribution in [2.75, 3.05) is 42.3 Å². The zero-order valence-corrected chi connectivity index (χ0v) is 18.7. The largest absolute Gasteiger partial charge is 0.358 e. The van der Waals surface area contributed by atoms with E-state index in [2.05, 4.69) is 5.32 Å². The van der Waals surface area contributed by atoms with E-state index in [1.54, 1.807) is 6.07 Å². The van der Waals surface area contributed by atoms with Gasteiger partial charge in [-0.1, -0.05) is 0 Å². The van der Waals surface area contributed by atoms with Crippen LogP contribution >= 0.6 is 0 Å². The second-order valence-electron chi connectivity index (χ2n) is 8.12. The van der Waals surface area contributed by atoms with E-state index in [0.29, 0.717) is 24.3 Å². The van der Waals surface area contributed by atoms with Crippen molar-refractivity contribution in [1.82, 2.24) is 4.31 Å². The summed E-state index contributed by atoms with van der Waals surface area (Å²) in [6, 6.07) is 9.65. The number of amides is 2. The predicted molar refractivity (Wildman–Crippen MR) is 120 cm³/mol. The van der Waals surface area contributed by atoms with Crippen LogP contribution in [0.15, 0.2) is 47.4 Å². The van der Waals surface area contributed by atoms with Gasteiger partial charge in [-0.15, -0.1) is 0 Å². The van der Waals surface area contributed by atoms with Gasteiger partial charge in [0, 0.05) is 26.3 Å². The quantitative estimate of drug-likeness (QED) is 0.740. The Morgan fingerprint density at radius 2 is 1.84 bits per heavy atom. The first-order chi connectivity index (χ1) is 15.2. The van der Waals surface area contributed by atoms with Gasteiger partial charge in [-0.2, -0.15) is 0 Å². The summed E-state index contributed by atoms with van der Waals surface area (Å²) in [6.07, 6.45) is 2.52. The monoisotopic (exact) mass is 460 g/mol. The second-order valence-corrected chi connectivity index (χ2v) is 10.3. The molecule has 1 N–H and O–H groups in total. The highest BCUT2D eigenvalue weighted by Crippen LogP contribution is 2.40. The van der Waals surface area contributed by atoms with Crippen molar-refractivity contribution in [3.8, 4) is 0 Å². The third-order valence-corrected chi connectivity index (χ3v) is 7.62. The molecule has 1 unspecified atom stereocenters. The molecule has 2 aliphatic rings. The number of anilines is 3. The number of benzene rings is 2. The van der Waals surface area contributed by atoms with E-state index in [1.807, 2.05) is 4.90 Å². The molecule has 0 aromatic heterocycles. The summed E-state index contributed by atoms with van der Waals surface area (Å²) < 4.78 is 39.6. The number of rotatable bonds is 5. The normalized spacial score (nSPS) is 18.4. The zero-order valence-electron chi connectivity index (χ0n) is 17.9. The van der Waals surface area contributed by atoms with Crippen LogP contribution in [-0.4, -0.2) is 57.8 Å². The number of hydrogen-bond donors (Lipinski definition) is 1. The van der Waals surface area contributed by atoms with E-state index in [9.17, 15) is 22.4 Å². The Labute approximate surface area is 186 Å². The maximum absolute atomic E-state index is 13.3. The van der Waals surface area contributed by atoms with Gasteiger partial charge in [0.25, 0.3) is 0 Å². The van der Waals surface area contributed by atoms with Crippen molar-refractivity contribution in [3.05, 3.63) is 48.3 Å². The van der Waals surface area contributed by atoms with E-state index in [0.717, 1.165) is 22.8 Å². The average Bonchev–Trinajstić information content (AvgIpc) is 2.77. The van der Waals surface area contributed by atoms with Crippen LogP contribution in [0, 0.1) is 5.82 Å². The molecule has 170 valence electrons. The molecule has 1 saturated heterocycles. The van der Waals surface area contributed by atoms with Gasteiger partial charge >= 0.3 is 0 Å². The Kier molecular flexibility index (Phi) is 5.91. The lowest BCUT2D eigenvalue weighted by Gasteiger charge is -2.45. The molecule has 1 atom stereocenters. The molecule has 8 nitrogen and oxygen atoms in total. The Hall–Kier alpha value is -2.98. The van der Waals surface area contributed by atoms with Gasteiger partial charge in [-0.05, 0) is 61.7 Å². The van der Waals surface area contributed by atoms with E-state index < -0.39 is 21.7 Å². The first kappa shape index (κ1) is 22.2. The highest BCUT2D eigenvalue weighted by Gasteiger charge is 2.40. The van der Waals surface area contributed by atoms with Crippen LogP contribution in [0.3, 0.4) is 0 Å². The Balaban J connectivity index is 1.70. The first-order valence-corrected chi connectivity index (χ1v) is 11.8. The van der Waals surface area contributed by atoms with E-state index in [1.165, 1.54) is 55.4 Å². The fraction of sp³-hybridized carbons (Fsp3) is 0.364. The number of carbonyl (C=O) groups is 2. The number of hydrogen-bond acceptors (Lipinski definition) is 5. The van der Waals surface area contributed by atoms with Crippen molar-refractivity contribution in [2.24, 2.45) is 0 Å². The van der Waals surface area contributed by atoms with Gasteiger partial charge in [-0.3, -0.25) is 14.5 Å². The maximum Gasteiger partial charge on any atom is 0.250 e. The molecule has 2 aliphatic heterocycles. The lowest BCUT2D eigenvalue weighted by Crippen LogP contribution is -2.56. The molecule has 0 spiro atoms. The summed E-state index contributed by atoms with van der Waals surface area (Å²) in [4.78, 5) is 29.5. The molecule has 0 aliphatic carbocycles. The van der Waals surface area contributed by atoms with Gasteiger partial charge in [0.15, 0.2) is 0 Å². The summed E-state index contributed by atoms with van der Waals surface area (Å²) >= 11 is 0. The van der Waals surface area contributed by atoms with Gasteiger partial charge in [-0.25, -0.2) is 17.1 Å². The van der Waals surface area contributed by atoms with E-state index >= 15 is 0 Å². The molecule has 0 saturated carbocycles. The summed E-state index contributed by atoms with van der Waals surface area (Å²) in [6.45, 7) is 0.414. The first-order valence-electron chi connectivity index (χ1n) is 10.4. The van der Waals surface area contributed by atoms with Gasteiger partial charge in [0.1, 0.15) is 18.4 Å². The van der Waals surface area contributed by atoms with Gasteiger partial charge in [0.2, 0.25) is 21.8 Å². The average molecular weight is 461 g/mol. The molecule has 2 aromatic rings. The molecule has 1 fully saturated rings. The topological polar surface area (TPSA) is 90.0 Å². The molecule has 0 bridgehead atoms. The molecule has 0 radical (unpaired) electrons. The number of sulfonamides is 1. The van der Waals surface area contributed by atoms with Crippen LogP contribution in [0.1, 0.15) is 19.3 Å². The molecular weight excluding hydrogens is 435 g/mol. The minimum atomic E-state index is -3.72. The van der Waals surface area contributed by atoms with Gasteiger partial charge < -0.3 is 10.2 Å². The molecule has 10 heteroatoms. The SMILES string of the molecule is CN(C)S(=O)(=O)c1ccc2c(c1)N(CC(=O)Nc1ccc(F)cc1)C(=O)C1CCCCN21. The Bertz CT molecular complexity index is 1150. The van der Waals surface area contributed by atoms with Crippen molar-refractivity contribution < 1.29 is 22.4 Å². The van der Waals surface area contributed by atoms with Crippen LogP contribution < -0.4 is 15.1 Å². The lowest BCUT2D eigenvalue weighted by molar-refractivity contribution is -0.123. The highest BCUT2D eigenvalue weighted by atomic mass is 32.2. The van der Waals surface area contributed by atoms with Gasteiger partial charge in [0.05, 0.1) is 16.3 Å². The number of piperidine rings is 1. The lowest BCUT2D eigenvalue weighted by atomic mass is 9.96. The number of nitrogens with zero attached hydrogens (tertiary/aromatic N) is 3. The number of carbonyl (C=O) groups excluding carboxylic acids is 2. The third kappa shape index (κ3) is 4.07.